The molecule has 0 saturated heterocycles. The zero-order chi connectivity index (χ0) is 27.7. The summed E-state index contributed by atoms with van der Waals surface area (Å²) in [7, 11) is 0. The van der Waals surface area contributed by atoms with Gasteiger partial charge in [-0.3, -0.25) is 4.79 Å². The Balaban J connectivity index is 1.87. The predicted octanol–water partition coefficient (Wildman–Crippen LogP) is 8.29. The van der Waals surface area contributed by atoms with Gasteiger partial charge in [0.15, 0.2) is 11.4 Å². The summed E-state index contributed by atoms with van der Waals surface area (Å²) < 4.78 is 17.7. The quantitative estimate of drug-likeness (QED) is 0.128. The van der Waals surface area contributed by atoms with Gasteiger partial charge in [-0.25, -0.2) is 4.79 Å². The monoisotopic (exact) mass is 522 g/mol. The largest absolute Gasteiger partial charge is 0.476 e. The van der Waals surface area contributed by atoms with Crippen LogP contribution in [0.25, 0.3) is 17.0 Å². The number of carbonyl (C=O) groups excluding carboxylic acids is 2. The van der Waals surface area contributed by atoms with Gasteiger partial charge in [0.25, 0.3) is 0 Å². The van der Waals surface area contributed by atoms with Gasteiger partial charge in [-0.2, -0.15) is 0 Å². The van der Waals surface area contributed by atoms with Crippen molar-refractivity contribution in [1.29, 1.82) is 0 Å². The third-order valence-electron chi connectivity index (χ3n) is 5.89. The molecule has 0 N–H and O–H groups in total. The van der Waals surface area contributed by atoms with Crippen LogP contribution in [0.15, 0.2) is 45.7 Å². The number of ketones is 1. The highest BCUT2D eigenvalue weighted by molar-refractivity contribution is 7.98. The Morgan fingerprint density at radius 2 is 1.62 bits per heavy atom. The molecule has 0 fully saturated rings. The van der Waals surface area contributed by atoms with Gasteiger partial charge in [0.05, 0.1) is 0 Å². The van der Waals surface area contributed by atoms with E-state index in [4.69, 9.17) is 13.9 Å². The molecule has 0 saturated carbocycles. The Labute approximate surface area is 224 Å². The average Bonchev–Trinajstić information content (AvgIpc) is 3.17. The molecule has 0 spiro atoms. The van der Waals surface area contributed by atoms with Crippen LogP contribution in [0.5, 0.6) is 5.75 Å². The number of carbonyl (C=O) groups is 2. The van der Waals surface area contributed by atoms with E-state index in [0.717, 1.165) is 38.1 Å². The van der Waals surface area contributed by atoms with Gasteiger partial charge in [0.1, 0.15) is 16.9 Å². The van der Waals surface area contributed by atoms with E-state index in [9.17, 15) is 9.59 Å². The molecular formula is C31H38O5S. The molecule has 3 rings (SSSR count). The Morgan fingerprint density at radius 1 is 1.00 bits per heavy atom. The van der Waals surface area contributed by atoms with Crippen molar-refractivity contribution in [3.63, 3.8) is 0 Å². The fraction of sp³-hybridized carbons (Fsp3) is 0.419. The second-order valence-electron chi connectivity index (χ2n) is 11.2. The van der Waals surface area contributed by atoms with Gasteiger partial charge >= 0.3 is 5.97 Å². The van der Waals surface area contributed by atoms with Crippen molar-refractivity contribution in [2.75, 3.05) is 6.26 Å². The number of esters is 1. The Morgan fingerprint density at radius 3 is 2.16 bits per heavy atom. The van der Waals surface area contributed by atoms with Crippen LogP contribution < -0.4 is 4.74 Å². The number of rotatable bonds is 8. The number of furan rings is 1. The van der Waals surface area contributed by atoms with E-state index in [1.807, 2.05) is 65.1 Å². The van der Waals surface area contributed by atoms with Crippen molar-refractivity contribution in [1.82, 2.24) is 0 Å². The first-order valence-electron chi connectivity index (χ1n) is 12.5. The highest BCUT2D eigenvalue weighted by Crippen LogP contribution is 2.35. The average molecular weight is 523 g/mol. The van der Waals surface area contributed by atoms with Crippen molar-refractivity contribution in [3.05, 3.63) is 64.4 Å². The van der Waals surface area contributed by atoms with E-state index in [0.29, 0.717) is 11.5 Å². The van der Waals surface area contributed by atoms with Gasteiger partial charge in [0, 0.05) is 15.8 Å². The predicted molar refractivity (Wildman–Crippen MR) is 152 cm³/mol. The number of ether oxygens (including phenoxy) is 2. The molecule has 0 radical (unpaired) electrons. The third kappa shape index (κ3) is 6.67. The van der Waals surface area contributed by atoms with Crippen LogP contribution in [0.4, 0.5) is 0 Å². The summed E-state index contributed by atoms with van der Waals surface area (Å²) in [6, 6.07) is 9.94. The molecule has 0 aliphatic heterocycles. The van der Waals surface area contributed by atoms with Crippen LogP contribution in [0.1, 0.15) is 87.2 Å². The SMILES string of the molecule is CSc1ccc2c(C(C)C)c(C(=O)/C=C/c3cc(C)c(OC(C)(C)C(=O)OC(C)(C)C)c(C)c3)oc2c1. The molecule has 0 aliphatic rings. The van der Waals surface area contributed by atoms with E-state index < -0.39 is 17.2 Å². The standard InChI is InChI=1S/C31H38O5S/c1-18(2)26-23-13-12-22(37-10)17-25(23)34-28(26)24(32)14-11-21-15-19(3)27(20(4)16-21)35-31(8,9)29(33)36-30(5,6)7/h11-18H,1-10H3/b14-11+. The molecule has 2 aromatic carbocycles. The molecule has 37 heavy (non-hydrogen) atoms. The maximum Gasteiger partial charge on any atom is 0.350 e. The first kappa shape index (κ1) is 28.6. The summed E-state index contributed by atoms with van der Waals surface area (Å²) in [6.45, 7) is 16.9. The van der Waals surface area contributed by atoms with Crippen LogP contribution in [0.3, 0.4) is 0 Å². The molecule has 198 valence electrons. The second-order valence-corrected chi connectivity index (χ2v) is 12.0. The molecule has 5 nitrogen and oxygen atoms in total. The first-order chi connectivity index (χ1) is 17.1. The zero-order valence-corrected chi connectivity index (χ0v) is 24.4. The normalized spacial score (nSPS) is 12.5. The Bertz CT molecular complexity index is 1330. The summed E-state index contributed by atoms with van der Waals surface area (Å²) in [4.78, 5) is 27.0. The lowest BCUT2D eigenvalue weighted by molar-refractivity contribution is -0.171. The van der Waals surface area contributed by atoms with Gasteiger partial charge in [-0.05, 0) is 114 Å². The van der Waals surface area contributed by atoms with Crippen molar-refractivity contribution >= 4 is 40.6 Å². The molecule has 3 aromatic rings. The maximum atomic E-state index is 13.2. The van der Waals surface area contributed by atoms with E-state index in [2.05, 4.69) is 19.9 Å². The van der Waals surface area contributed by atoms with E-state index in [1.54, 1.807) is 37.8 Å². The molecule has 1 aromatic heterocycles. The van der Waals surface area contributed by atoms with Crippen LogP contribution in [-0.2, 0) is 9.53 Å². The first-order valence-corrected chi connectivity index (χ1v) is 13.7. The minimum atomic E-state index is -1.15. The van der Waals surface area contributed by atoms with Crippen molar-refractivity contribution in [2.24, 2.45) is 0 Å². The second kappa shape index (κ2) is 10.8. The summed E-state index contributed by atoms with van der Waals surface area (Å²) in [5.41, 5.74) is 2.49. The highest BCUT2D eigenvalue weighted by Gasteiger charge is 2.35. The lowest BCUT2D eigenvalue weighted by Gasteiger charge is -2.30. The highest BCUT2D eigenvalue weighted by atomic mass is 32.2. The number of aryl methyl sites for hydroxylation is 2. The summed E-state index contributed by atoms with van der Waals surface area (Å²) in [6.07, 6.45) is 5.36. The maximum absolute atomic E-state index is 13.2. The fourth-order valence-corrected chi connectivity index (χ4v) is 4.60. The number of allylic oxidation sites excluding steroid dienone is 1. The van der Waals surface area contributed by atoms with Crippen LogP contribution >= 0.6 is 11.8 Å². The minimum absolute atomic E-state index is 0.142. The third-order valence-corrected chi connectivity index (χ3v) is 6.62. The van der Waals surface area contributed by atoms with E-state index >= 15 is 0 Å². The number of benzene rings is 2. The van der Waals surface area contributed by atoms with Crippen molar-refractivity contribution < 1.29 is 23.5 Å². The topological polar surface area (TPSA) is 65.7 Å². The van der Waals surface area contributed by atoms with E-state index in [1.165, 1.54) is 0 Å². The van der Waals surface area contributed by atoms with Gasteiger partial charge in [-0.15, -0.1) is 11.8 Å². The summed E-state index contributed by atoms with van der Waals surface area (Å²) in [5.74, 6) is 0.551. The summed E-state index contributed by atoms with van der Waals surface area (Å²) >= 11 is 1.64. The van der Waals surface area contributed by atoms with Crippen LogP contribution in [-0.4, -0.2) is 29.2 Å². The van der Waals surface area contributed by atoms with Crippen LogP contribution in [0, 0.1) is 13.8 Å². The molecule has 1 heterocycles. The molecule has 0 aliphatic carbocycles. The summed E-state index contributed by atoms with van der Waals surface area (Å²) in [5, 5.41) is 0.977. The van der Waals surface area contributed by atoms with Gasteiger partial charge in [0.2, 0.25) is 5.78 Å². The molecule has 0 amide bonds. The number of thioether (sulfide) groups is 1. The number of hydrogen-bond acceptors (Lipinski definition) is 6. The fourth-order valence-electron chi connectivity index (χ4n) is 4.17. The smallest absolute Gasteiger partial charge is 0.350 e. The Kier molecular flexibility index (Phi) is 8.33. The molecule has 0 atom stereocenters. The van der Waals surface area contributed by atoms with Gasteiger partial charge < -0.3 is 13.9 Å². The molecular weight excluding hydrogens is 484 g/mol. The van der Waals surface area contributed by atoms with E-state index in [-0.39, 0.29) is 11.7 Å². The molecule has 0 bridgehead atoms. The van der Waals surface area contributed by atoms with Crippen molar-refractivity contribution in [2.45, 2.75) is 84.3 Å². The number of fused-ring (bicyclic) bond motifs is 1. The number of hydrogen-bond donors (Lipinski definition) is 0. The molecule has 6 heteroatoms. The molecule has 0 unspecified atom stereocenters. The zero-order valence-electron chi connectivity index (χ0n) is 23.6. The van der Waals surface area contributed by atoms with Crippen LogP contribution in [0.2, 0.25) is 0 Å². The lowest BCUT2D eigenvalue weighted by atomic mass is 9.97. The Hall–Kier alpha value is -2.99. The van der Waals surface area contributed by atoms with Crippen molar-refractivity contribution in [3.8, 4) is 5.75 Å². The lowest BCUT2D eigenvalue weighted by Crippen LogP contribution is -2.43. The minimum Gasteiger partial charge on any atom is -0.476 e. The van der Waals surface area contributed by atoms with Gasteiger partial charge in [-0.1, -0.05) is 19.9 Å².